The van der Waals surface area contributed by atoms with Crippen LogP contribution < -0.4 is 15.5 Å². The number of nitrogens with zero attached hydrogens (tertiary/aromatic N) is 4. The monoisotopic (exact) mass is 690 g/mol. The maximum absolute atomic E-state index is 6.94. The molecule has 0 aliphatic carbocycles. The first-order valence-electron chi connectivity index (χ1n) is 17.5. The number of aromatic nitrogens is 2. The fourth-order valence-electron chi connectivity index (χ4n) is 7.83. The molecule has 2 aromatic heterocycles. The van der Waals surface area contributed by atoms with Crippen LogP contribution in [-0.4, -0.2) is 25.7 Å². The summed E-state index contributed by atoms with van der Waals surface area (Å²) in [4.78, 5) is 10.8. The van der Waals surface area contributed by atoms with Crippen LogP contribution in [0, 0.1) is 0 Å². The third kappa shape index (κ3) is 4.78. The van der Waals surface area contributed by atoms with Crippen LogP contribution in [0.2, 0.25) is 0 Å². The molecule has 0 bridgehead atoms. The van der Waals surface area contributed by atoms with E-state index in [4.69, 9.17) is 25.7 Å². The first kappa shape index (κ1) is 31.3. The van der Waals surface area contributed by atoms with Crippen LogP contribution in [0.1, 0.15) is 5.69 Å². The van der Waals surface area contributed by atoms with Gasteiger partial charge in [0.15, 0.2) is 0 Å². The number of hydrogen-bond donors (Lipinski definition) is 0. The summed E-state index contributed by atoms with van der Waals surface area (Å²) in [6.45, 7) is 4.46. The quantitative estimate of drug-likeness (QED) is 0.133. The van der Waals surface area contributed by atoms with E-state index in [0.29, 0.717) is 11.4 Å². The molecule has 1 aliphatic heterocycles. The van der Waals surface area contributed by atoms with Gasteiger partial charge in [-0.2, -0.15) is 0 Å². The van der Waals surface area contributed by atoms with E-state index in [1.807, 2.05) is 54.6 Å². The maximum atomic E-state index is 6.94. The largest absolute Gasteiger partial charge is 0.251 e. The zero-order valence-electron chi connectivity index (χ0n) is 28.6. The Morgan fingerprint density at radius 2 is 1.32 bits per heavy atom. The summed E-state index contributed by atoms with van der Waals surface area (Å²) in [5.41, 5.74) is 7.97. The second-order valence-corrected chi connectivity index (χ2v) is 14.1. The van der Waals surface area contributed by atoms with Crippen LogP contribution in [-0.2, 0) is 0 Å². The van der Waals surface area contributed by atoms with Gasteiger partial charge in [0.2, 0.25) is 0 Å². The van der Waals surface area contributed by atoms with E-state index in [2.05, 4.69) is 108 Å². The van der Waals surface area contributed by atoms with Crippen molar-refractivity contribution < 1.29 is 0 Å². The lowest BCUT2D eigenvalue weighted by Crippen LogP contribution is -2.42. The lowest BCUT2D eigenvalue weighted by atomic mass is 9.86. The van der Waals surface area contributed by atoms with E-state index in [0.717, 1.165) is 71.2 Å². The van der Waals surface area contributed by atoms with Crippen molar-refractivity contribution in [3.05, 3.63) is 170 Å². The van der Waals surface area contributed by atoms with E-state index in [9.17, 15) is 0 Å². The maximum Gasteiger partial charge on any atom is 0.251 e. The minimum atomic E-state index is 0.500. The molecule has 0 N–H and O–H groups in total. The number of fused-ring (bicyclic) bond motifs is 13. The molecule has 4 nitrogen and oxygen atoms in total. The summed E-state index contributed by atoms with van der Waals surface area (Å²) >= 11 is 1.80. The van der Waals surface area contributed by atoms with Crippen molar-refractivity contribution in [1.82, 2.24) is 9.97 Å². The van der Waals surface area contributed by atoms with E-state index in [1.165, 1.54) is 26.8 Å². The Balaban J connectivity index is 1.43. The third-order valence-electron chi connectivity index (χ3n) is 10.1. The van der Waals surface area contributed by atoms with Crippen LogP contribution in [0.25, 0.3) is 69.3 Å². The highest BCUT2D eigenvalue weighted by molar-refractivity contribution is 7.26. The number of benzene rings is 7. The van der Waals surface area contributed by atoms with Crippen LogP contribution in [0.3, 0.4) is 0 Å². The number of thiophene rings is 1. The predicted octanol–water partition coefficient (Wildman–Crippen LogP) is 11.2. The Labute approximate surface area is 313 Å². The van der Waals surface area contributed by atoms with Gasteiger partial charge in [-0.05, 0) is 51.4 Å². The van der Waals surface area contributed by atoms with Gasteiger partial charge in [-0.1, -0.05) is 139 Å². The summed E-state index contributed by atoms with van der Waals surface area (Å²) in [7, 11) is 12.6. The lowest BCUT2D eigenvalue weighted by molar-refractivity contribution is 0.932. The molecule has 0 fully saturated rings. The highest BCUT2D eigenvalue weighted by Crippen LogP contribution is 2.58. The molecule has 53 heavy (non-hydrogen) atoms. The predicted molar refractivity (Wildman–Crippen MR) is 228 cm³/mol. The van der Waals surface area contributed by atoms with Gasteiger partial charge in [-0.15, -0.1) is 17.3 Å². The van der Waals surface area contributed by atoms with Crippen LogP contribution >= 0.6 is 11.3 Å². The SMILES string of the molecule is [B]/C=C\C=C/C(=C)c1nc(N2c3c(c4ccccc4c4c3sc3ccccc34)-c3c(ccc4ccccc34)N2c2ccccc2[B])nc2ccccc12. The molecule has 10 rings (SSSR count). The number of rotatable bonds is 5. The van der Waals surface area contributed by atoms with Crippen LogP contribution in [0.4, 0.5) is 23.0 Å². The zero-order valence-corrected chi connectivity index (χ0v) is 29.4. The normalized spacial score (nSPS) is 12.9. The fraction of sp³-hybridized carbons (Fsp3) is 0. The molecule has 7 aromatic carbocycles. The minimum Gasteiger partial charge on any atom is -0.246 e. The summed E-state index contributed by atoms with van der Waals surface area (Å²) in [5, 5.41) is 12.4. The molecule has 9 aromatic rings. The molecule has 0 saturated carbocycles. The van der Waals surface area contributed by atoms with Crippen molar-refractivity contribution in [3.63, 3.8) is 0 Å². The minimum absolute atomic E-state index is 0.500. The molecule has 7 heteroatoms. The average Bonchev–Trinajstić information content (AvgIpc) is 3.60. The third-order valence-corrected chi connectivity index (χ3v) is 11.3. The molecule has 0 saturated heterocycles. The fourth-order valence-corrected chi connectivity index (χ4v) is 9.08. The summed E-state index contributed by atoms with van der Waals surface area (Å²) < 4.78 is 2.35. The molecular formula is C46H28B2N4S. The van der Waals surface area contributed by atoms with Crippen molar-refractivity contribution in [2.24, 2.45) is 0 Å². The van der Waals surface area contributed by atoms with Crippen LogP contribution in [0.15, 0.2) is 164 Å². The molecule has 0 spiro atoms. The lowest BCUT2D eigenvalue weighted by Gasteiger charge is -2.44. The molecule has 0 atom stereocenters. The summed E-state index contributed by atoms with van der Waals surface area (Å²) in [6.07, 6.45) is 5.58. The Morgan fingerprint density at radius 1 is 0.623 bits per heavy atom. The van der Waals surface area contributed by atoms with Gasteiger partial charge >= 0.3 is 0 Å². The first-order valence-corrected chi connectivity index (χ1v) is 18.3. The van der Waals surface area contributed by atoms with Crippen LogP contribution in [0.5, 0.6) is 0 Å². The number of hydrazine groups is 1. The molecule has 3 heterocycles. The molecule has 1 aliphatic rings. The second kappa shape index (κ2) is 12.4. The van der Waals surface area contributed by atoms with Gasteiger partial charge < -0.3 is 0 Å². The van der Waals surface area contributed by atoms with Gasteiger partial charge in [0, 0.05) is 32.0 Å². The van der Waals surface area contributed by atoms with E-state index < -0.39 is 0 Å². The molecular weight excluding hydrogens is 662 g/mol. The topological polar surface area (TPSA) is 32.3 Å². The summed E-state index contributed by atoms with van der Waals surface area (Å²) in [5.74, 6) is 2.00. The second-order valence-electron chi connectivity index (χ2n) is 13.1. The first-order chi connectivity index (χ1) is 26.1. The smallest absolute Gasteiger partial charge is 0.246 e. The Kier molecular flexibility index (Phi) is 7.31. The van der Waals surface area contributed by atoms with Gasteiger partial charge in [0.25, 0.3) is 5.95 Å². The van der Waals surface area contributed by atoms with Crippen molar-refractivity contribution in [3.8, 4) is 11.1 Å². The molecule has 4 radical (unpaired) electrons. The Bertz CT molecular complexity index is 3040. The molecule has 244 valence electrons. The molecule has 0 unspecified atom stereocenters. The van der Waals surface area contributed by atoms with Crippen molar-refractivity contribution >= 4 is 114 Å². The highest BCUT2D eigenvalue weighted by atomic mass is 32.1. The standard InChI is InChI=1S/C46H28B2N4S/c1-28(14-12-13-27-47)43-33-19-6-9-22-36(33)49-46(50-43)52-44-42(32-18-5-4-17-31(32)40-34-20-7-11-24-39(34)53-45(40)44)41-30-16-3-2-15-29(30)25-26-38(41)51(52)37-23-10-8-21-35(37)48/h2-27H,1H2/b14-12-,27-13-. The van der Waals surface area contributed by atoms with Gasteiger partial charge in [0.1, 0.15) is 15.7 Å². The van der Waals surface area contributed by atoms with Crippen molar-refractivity contribution in [2.75, 3.05) is 10.0 Å². The van der Waals surface area contributed by atoms with Gasteiger partial charge in [-0.3, -0.25) is 0 Å². The number of para-hydroxylation sites is 2. The number of hydrogen-bond acceptors (Lipinski definition) is 5. The number of anilines is 4. The number of allylic oxidation sites excluding steroid dienone is 4. The van der Waals surface area contributed by atoms with Crippen molar-refractivity contribution in [2.45, 2.75) is 0 Å². The Morgan fingerprint density at radius 3 is 2.15 bits per heavy atom. The van der Waals surface area contributed by atoms with E-state index in [-0.39, 0.29) is 0 Å². The Hall–Kier alpha value is -6.43. The van der Waals surface area contributed by atoms with Crippen molar-refractivity contribution in [1.29, 1.82) is 0 Å². The van der Waals surface area contributed by atoms with Gasteiger partial charge in [0.05, 0.1) is 33.0 Å². The molecule has 0 amide bonds. The zero-order chi connectivity index (χ0) is 35.6. The van der Waals surface area contributed by atoms with E-state index >= 15 is 0 Å². The van der Waals surface area contributed by atoms with E-state index in [1.54, 1.807) is 17.4 Å². The average molecular weight is 690 g/mol. The highest BCUT2D eigenvalue weighted by Gasteiger charge is 2.38. The van der Waals surface area contributed by atoms with Gasteiger partial charge in [-0.25, -0.2) is 20.0 Å². The summed E-state index contributed by atoms with van der Waals surface area (Å²) in [6, 6.07) is 46.6.